The molecule has 0 spiro atoms. The summed E-state index contributed by atoms with van der Waals surface area (Å²) < 4.78 is 12.4. The molecule has 1 heterocycles. The molecule has 0 fully saturated rings. The van der Waals surface area contributed by atoms with E-state index in [-0.39, 0.29) is 16.7 Å². The molecule has 1 aliphatic rings. The molecular weight excluding hydrogens is 391 g/mol. The Morgan fingerprint density at radius 3 is 1.53 bits per heavy atom. The molecule has 1 aliphatic heterocycles. The van der Waals surface area contributed by atoms with Crippen LogP contribution in [0.1, 0.15) is 101 Å². The predicted octanol–water partition coefficient (Wildman–Crippen LogP) is 7.82. The van der Waals surface area contributed by atoms with Gasteiger partial charge in [-0.3, -0.25) is 0 Å². The Hall–Kier alpha value is -1.57. The topological polar surface area (TPSA) is 38.7 Å². The van der Waals surface area contributed by atoms with Crippen LogP contribution in [0.25, 0.3) is 0 Å². The third-order valence-electron chi connectivity index (χ3n) is 6.06. The quantitative estimate of drug-likeness (QED) is 0.496. The monoisotopic (exact) mass is 428 g/mol. The summed E-state index contributed by atoms with van der Waals surface area (Å²) in [6.45, 7) is 19.7. The molecule has 3 rings (SSSR count). The van der Waals surface area contributed by atoms with E-state index in [2.05, 4.69) is 86.6 Å². The second kappa shape index (κ2) is 8.17. The Kier molecular flexibility index (Phi) is 6.29. The van der Waals surface area contributed by atoms with Crippen LogP contribution in [0.3, 0.4) is 0 Å². The molecule has 1 N–H and O–H groups in total. The summed E-state index contributed by atoms with van der Waals surface area (Å²) in [5.74, 6) is 1.77. The molecule has 0 radical (unpaired) electrons. The molecule has 2 aromatic rings. The van der Waals surface area contributed by atoms with E-state index >= 15 is 0 Å². The van der Waals surface area contributed by atoms with Crippen molar-refractivity contribution < 1.29 is 13.9 Å². The fourth-order valence-electron chi connectivity index (χ4n) is 4.54. The molecule has 0 atom stereocenters. The summed E-state index contributed by atoms with van der Waals surface area (Å²) in [5, 5.41) is 0. The van der Waals surface area contributed by atoms with Crippen LogP contribution < -0.4 is 9.05 Å². The first-order chi connectivity index (χ1) is 13.9. The molecule has 0 bridgehead atoms. The maximum atomic E-state index is 10.9. The van der Waals surface area contributed by atoms with E-state index in [0.717, 1.165) is 35.5 Å². The van der Waals surface area contributed by atoms with Crippen molar-refractivity contribution in [2.24, 2.45) is 0 Å². The van der Waals surface area contributed by atoms with Gasteiger partial charge in [0, 0.05) is 28.2 Å². The van der Waals surface area contributed by atoms with Gasteiger partial charge in [0.1, 0.15) is 11.5 Å². The molecule has 0 saturated carbocycles. The average Bonchev–Trinajstić information content (AvgIpc) is 2.58. The summed E-state index contributed by atoms with van der Waals surface area (Å²) in [6.07, 6.45) is 2.05. The molecule has 2 aromatic carbocycles. The van der Waals surface area contributed by atoms with E-state index in [0.29, 0.717) is 0 Å². The molecule has 0 aliphatic carbocycles. The van der Waals surface area contributed by atoms with Crippen LogP contribution in [0, 0.1) is 13.8 Å². The van der Waals surface area contributed by atoms with Crippen LogP contribution in [-0.2, 0) is 10.8 Å². The molecule has 164 valence electrons. The van der Waals surface area contributed by atoms with Crippen molar-refractivity contribution in [1.82, 2.24) is 0 Å². The summed E-state index contributed by atoms with van der Waals surface area (Å²) in [7, 11) is -2.09. The van der Waals surface area contributed by atoms with Crippen molar-refractivity contribution in [3.63, 3.8) is 0 Å². The lowest BCUT2D eigenvalue weighted by molar-refractivity contribution is 0.359. The first kappa shape index (κ1) is 23.1. The van der Waals surface area contributed by atoms with Crippen LogP contribution in [0.4, 0.5) is 0 Å². The van der Waals surface area contributed by atoms with Crippen LogP contribution in [0.15, 0.2) is 24.3 Å². The number of fused-ring (bicyclic) bond motifs is 2. The van der Waals surface area contributed by atoms with E-state index in [1.165, 1.54) is 22.3 Å². The highest BCUT2D eigenvalue weighted by Gasteiger charge is 2.36. The van der Waals surface area contributed by atoms with Crippen molar-refractivity contribution in [3.05, 3.63) is 57.6 Å². The summed E-state index contributed by atoms with van der Waals surface area (Å²) >= 11 is 0. The SMILES string of the molecule is CCCC1c2c(C)ccc(C(C)(C)C)c2OP(O)Oc2c(C(C)(C)C)ccc(C)c21. The zero-order valence-electron chi connectivity index (χ0n) is 20.0. The van der Waals surface area contributed by atoms with Crippen molar-refractivity contribution in [1.29, 1.82) is 0 Å². The number of aryl methyl sites for hydroxylation is 2. The van der Waals surface area contributed by atoms with E-state index < -0.39 is 8.60 Å². The number of benzene rings is 2. The Balaban J connectivity index is 2.42. The minimum absolute atomic E-state index is 0.102. The molecule has 0 aromatic heterocycles. The zero-order valence-corrected chi connectivity index (χ0v) is 20.9. The minimum atomic E-state index is -2.09. The molecule has 0 amide bonds. The lowest BCUT2D eigenvalue weighted by Crippen LogP contribution is -2.21. The van der Waals surface area contributed by atoms with Crippen LogP contribution in [-0.4, -0.2) is 4.89 Å². The number of hydrogen-bond acceptors (Lipinski definition) is 3. The van der Waals surface area contributed by atoms with Crippen LogP contribution >= 0.6 is 8.60 Å². The van der Waals surface area contributed by atoms with Gasteiger partial charge in [0.25, 0.3) is 0 Å². The van der Waals surface area contributed by atoms with Gasteiger partial charge in [0.15, 0.2) is 0 Å². The lowest BCUT2D eigenvalue weighted by atomic mass is 9.76. The number of hydrogen-bond donors (Lipinski definition) is 1. The van der Waals surface area contributed by atoms with Gasteiger partial charge in [-0.1, -0.05) is 79.2 Å². The fraction of sp³-hybridized carbons (Fsp3) is 0.538. The number of rotatable bonds is 2. The zero-order chi connectivity index (χ0) is 22.4. The van der Waals surface area contributed by atoms with Crippen molar-refractivity contribution >= 4 is 8.60 Å². The Morgan fingerprint density at radius 1 is 0.800 bits per heavy atom. The van der Waals surface area contributed by atoms with Crippen LogP contribution in [0.2, 0.25) is 0 Å². The van der Waals surface area contributed by atoms with E-state index in [9.17, 15) is 4.89 Å². The van der Waals surface area contributed by atoms with Gasteiger partial charge in [-0.15, -0.1) is 0 Å². The lowest BCUT2D eigenvalue weighted by Gasteiger charge is -2.35. The molecule has 3 nitrogen and oxygen atoms in total. The summed E-state index contributed by atoms with van der Waals surface area (Å²) in [4.78, 5) is 10.9. The van der Waals surface area contributed by atoms with Crippen molar-refractivity contribution in [2.45, 2.75) is 91.9 Å². The maximum absolute atomic E-state index is 10.9. The Bertz CT molecular complexity index is 861. The molecule has 0 unspecified atom stereocenters. The molecule has 0 saturated heterocycles. The normalized spacial score (nSPS) is 19.1. The highest BCUT2D eigenvalue weighted by atomic mass is 31.2. The van der Waals surface area contributed by atoms with Gasteiger partial charge in [-0.05, 0) is 42.2 Å². The van der Waals surface area contributed by atoms with Gasteiger partial charge in [-0.25, -0.2) is 0 Å². The Morgan fingerprint density at radius 2 is 1.20 bits per heavy atom. The van der Waals surface area contributed by atoms with Crippen molar-refractivity contribution in [3.8, 4) is 11.5 Å². The van der Waals surface area contributed by atoms with Gasteiger partial charge in [0.05, 0.1) is 0 Å². The largest absolute Gasteiger partial charge is 0.460 e. The second-order valence-corrected chi connectivity index (χ2v) is 11.4. The summed E-state index contributed by atoms with van der Waals surface area (Å²) in [6, 6.07) is 8.69. The standard InChI is InChI=1S/C26H37O3P/c1-10-11-18-21-16(2)12-14-19(25(4,5)6)23(21)28-30(27)29-24-20(26(7,8)9)15-13-17(3)22(18)24/h12-15,18,27H,10-11H2,1-9H3. The first-order valence-corrected chi connectivity index (χ1v) is 12.1. The third-order valence-corrected chi connectivity index (χ3v) is 6.73. The highest BCUT2D eigenvalue weighted by Crippen LogP contribution is 2.55. The predicted molar refractivity (Wildman–Crippen MR) is 127 cm³/mol. The van der Waals surface area contributed by atoms with Gasteiger partial charge >= 0.3 is 8.60 Å². The van der Waals surface area contributed by atoms with E-state index in [4.69, 9.17) is 9.05 Å². The second-order valence-electron chi connectivity index (χ2n) is 10.6. The fourth-order valence-corrected chi connectivity index (χ4v) is 5.28. The van der Waals surface area contributed by atoms with Gasteiger partial charge in [0.2, 0.25) is 0 Å². The van der Waals surface area contributed by atoms with Crippen molar-refractivity contribution in [2.75, 3.05) is 0 Å². The van der Waals surface area contributed by atoms with E-state index in [1.807, 2.05) is 0 Å². The summed E-state index contributed by atoms with van der Waals surface area (Å²) in [5.41, 5.74) is 6.82. The van der Waals surface area contributed by atoms with E-state index in [1.54, 1.807) is 0 Å². The first-order valence-electron chi connectivity index (χ1n) is 11.0. The maximum Gasteiger partial charge on any atom is 0.460 e. The van der Waals surface area contributed by atoms with Gasteiger partial charge in [-0.2, -0.15) is 0 Å². The smallest absolute Gasteiger partial charge is 0.417 e. The van der Waals surface area contributed by atoms with Gasteiger partial charge < -0.3 is 13.9 Å². The highest BCUT2D eigenvalue weighted by molar-refractivity contribution is 7.41. The average molecular weight is 429 g/mol. The Labute approximate surface area is 183 Å². The molecular formula is C26H37O3P. The molecule has 30 heavy (non-hydrogen) atoms. The van der Waals surface area contributed by atoms with Crippen LogP contribution in [0.5, 0.6) is 11.5 Å². The third kappa shape index (κ3) is 4.25. The molecule has 4 heteroatoms. The minimum Gasteiger partial charge on any atom is -0.417 e.